The Labute approximate surface area is 164 Å². The zero-order valence-corrected chi connectivity index (χ0v) is 16.7. The average molecular weight is 405 g/mol. The van der Waals surface area contributed by atoms with Gasteiger partial charge in [0.1, 0.15) is 11.5 Å². The van der Waals surface area contributed by atoms with E-state index in [4.69, 9.17) is 21.7 Å². The van der Waals surface area contributed by atoms with E-state index in [0.29, 0.717) is 22.3 Å². The quantitative estimate of drug-likeness (QED) is 0.726. The molecule has 2 fully saturated rings. The van der Waals surface area contributed by atoms with E-state index in [0.717, 1.165) is 5.69 Å². The largest absolute Gasteiger partial charge is 0.497 e. The van der Waals surface area contributed by atoms with Crippen molar-refractivity contribution in [2.24, 2.45) is 0 Å². The van der Waals surface area contributed by atoms with Gasteiger partial charge >= 0.3 is 0 Å². The summed E-state index contributed by atoms with van der Waals surface area (Å²) in [6, 6.07) is 14.6. The van der Waals surface area contributed by atoms with Crippen molar-refractivity contribution in [2.75, 3.05) is 35.5 Å². The Morgan fingerprint density at radius 1 is 0.963 bits per heavy atom. The van der Waals surface area contributed by atoms with Crippen LogP contribution < -0.4 is 19.3 Å². The van der Waals surface area contributed by atoms with Crippen LogP contribution in [0.4, 0.5) is 11.4 Å². The number of benzene rings is 2. The maximum Gasteiger partial charge on any atom is 0.181 e. The number of fused-ring (bicyclic) bond motifs is 1. The summed E-state index contributed by atoms with van der Waals surface area (Å²) in [6.07, 6.45) is 0. The molecular weight excluding hydrogens is 384 g/mol. The number of anilines is 2. The van der Waals surface area contributed by atoms with Gasteiger partial charge in [0.2, 0.25) is 0 Å². The molecule has 2 aromatic rings. The van der Waals surface area contributed by atoms with Gasteiger partial charge in [-0.2, -0.15) is 0 Å². The number of thiocarbonyl (C=S) groups is 1. The lowest BCUT2D eigenvalue weighted by atomic mass is 10.1. The predicted molar refractivity (Wildman–Crippen MR) is 110 cm³/mol. The molecule has 2 aromatic carbocycles. The van der Waals surface area contributed by atoms with Crippen molar-refractivity contribution in [3.8, 4) is 11.5 Å². The Hall–Kier alpha value is -2.32. The number of rotatable bonds is 4. The van der Waals surface area contributed by atoms with Gasteiger partial charge < -0.3 is 19.3 Å². The Kier molecular flexibility index (Phi) is 4.47. The highest BCUT2D eigenvalue weighted by atomic mass is 32.2. The van der Waals surface area contributed by atoms with Crippen molar-refractivity contribution in [1.29, 1.82) is 0 Å². The molecule has 2 atom stereocenters. The van der Waals surface area contributed by atoms with Crippen LogP contribution >= 0.6 is 12.2 Å². The number of hydrogen-bond donors (Lipinski definition) is 0. The van der Waals surface area contributed by atoms with Crippen molar-refractivity contribution >= 4 is 38.5 Å². The van der Waals surface area contributed by atoms with E-state index in [1.165, 1.54) is 0 Å². The molecule has 2 heterocycles. The zero-order chi connectivity index (χ0) is 19.2. The van der Waals surface area contributed by atoms with Crippen LogP contribution in [0.3, 0.4) is 0 Å². The van der Waals surface area contributed by atoms with E-state index >= 15 is 0 Å². The summed E-state index contributed by atoms with van der Waals surface area (Å²) in [6.45, 7) is 0. The minimum atomic E-state index is -3.16. The lowest BCUT2D eigenvalue weighted by molar-refractivity contribution is 0.403. The third-order valence-electron chi connectivity index (χ3n) is 5.05. The highest BCUT2D eigenvalue weighted by Gasteiger charge is 2.53. The van der Waals surface area contributed by atoms with Crippen molar-refractivity contribution in [1.82, 2.24) is 0 Å². The van der Waals surface area contributed by atoms with Crippen molar-refractivity contribution in [3.63, 3.8) is 0 Å². The molecule has 2 aliphatic heterocycles. The highest BCUT2D eigenvalue weighted by Crippen LogP contribution is 2.42. The molecule has 0 bridgehead atoms. The van der Waals surface area contributed by atoms with E-state index in [-0.39, 0.29) is 23.6 Å². The second kappa shape index (κ2) is 6.69. The maximum atomic E-state index is 12.4. The van der Waals surface area contributed by atoms with Crippen molar-refractivity contribution < 1.29 is 17.9 Å². The van der Waals surface area contributed by atoms with Gasteiger partial charge in [-0.1, -0.05) is 18.2 Å². The first-order chi connectivity index (χ1) is 12.9. The first-order valence-corrected chi connectivity index (χ1v) is 10.8. The van der Waals surface area contributed by atoms with Gasteiger partial charge in [0.05, 0.1) is 43.5 Å². The number of para-hydroxylation sites is 1. The number of sulfone groups is 1. The summed E-state index contributed by atoms with van der Waals surface area (Å²) in [5, 5.41) is 0.567. The van der Waals surface area contributed by atoms with Crippen LogP contribution in [0.1, 0.15) is 0 Å². The number of hydrogen-bond acceptors (Lipinski definition) is 5. The fourth-order valence-electron chi connectivity index (χ4n) is 3.86. The molecule has 2 saturated heterocycles. The molecule has 8 heteroatoms. The van der Waals surface area contributed by atoms with Gasteiger partial charge in [-0.25, -0.2) is 8.42 Å². The van der Waals surface area contributed by atoms with Crippen LogP contribution in [-0.4, -0.2) is 51.3 Å². The standard InChI is InChI=1S/C19H20N2O4S2/c1-24-14-8-9-18(25-2)15(10-14)21-17-12-27(22,23)11-16(17)20(19(21)26)13-6-4-3-5-7-13/h3-10,16-17H,11-12H2,1-2H3/t16-,17-/m1/s1. The van der Waals surface area contributed by atoms with E-state index in [1.54, 1.807) is 26.4 Å². The number of ether oxygens (including phenoxy) is 2. The molecule has 0 saturated carbocycles. The van der Waals surface area contributed by atoms with Gasteiger partial charge in [-0.15, -0.1) is 0 Å². The first-order valence-electron chi connectivity index (χ1n) is 8.55. The summed E-state index contributed by atoms with van der Waals surface area (Å²) >= 11 is 5.80. The Morgan fingerprint density at radius 2 is 1.63 bits per heavy atom. The summed E-state index contributed by atoms with van der Waals surface area (Å²) < 4.78 is 35.7. The van der Waals surface area contributed by atoms with E-state index in [1.807, 2.05) is 46.2 Å². The molecule has 142 valence electrons. The molecule has 27 heavy (non-hydrogen) atoms. The van der Waals surface area contributed by atoms with Crippen LogP contribution in [0.15, 0.2) is 48.5 Å². The summed E-state index contributed by atoms with van der Waals surface area (Å²) in [5.74, 6) is 1.41. The zero-order valence-electron chi connectivity index (χ0n) is 15.0. The first kappa shape index (κ1) is 18.1. The SMILES string of the molecule is COc1ccc(OC)c(N2C(=S)N(c3ccccc3)[C@@H]3CS(=O)(=O)C[C@H]32)c1. The second-order valence-corrected chi connectivity index (χ2v) is 9.13. The third kappa shape index (κ3) is 3.02. The van der Waals surface area contributed by atoms with Gasteiger partial charge in [0, 0.05) is 11.8 Å². The molecule has 0 N–H and O–H groups in total. The van der Waals surface area contributed by atoms with Gasteiger partial charge in [0.15, 0.2) is 14.9 Å². The molecule has 2 aliphatic rings. The van der Waals surface area contributed by atoms with E-state index in [2.05, 4.69) is 0 Å². The second-order valence-electron chi connectivity index (χ2n) is 6.61. The van der Waals surface area contributed by atoms with Gasteiger partial charge in [0.25, 0.3) is 0 Å². The van der Waals surface area contributed by atoms with Crippen molar-refractivity contribution in [3.05, 3.63) is 48.5 Å². The normalized spacial score (nSPS) is 23.4. The van der Waals surface area contributed by atoms with E-state index in [9.17, 15) is 8.42 Å². The van der Waals surface area contributed by atoms with Crippen LogP contribution in [-0.2, 0) is 9.84 Å². The number of methoxy groups -OCH3 is 2. The van der Waals surface area contributed by atoms with Crippen LogP contribution in [0, 0.1) is 0 Å². The highest BCUT2D eigenvalue weighted by molar-refractivity contribution is 7.91. The van der Waals surface area contributed by atoms with Gasteiger partial charge in [-0.05, 0) is 36.5 Å². The Balaban J connectivity index is 1.85. The fraction of sp³-hybridized carbons (Fsp3) is 0.316. The topological polar surface area (TPSA) is 59.1 Å². The molecule has 0 spiro atoms. The molecule has 0 amide bonds. The lowest BCUT2D eigenvalue weighted by Gasteiger charge is -2.27. The van der Waals surface area contributed by atoms with Gasteiger partial charge in [-0.3, -0.25) is 0 Å². The molecular formula is C19H20N2O4S2. The fourth-order valence-corrected chi connectivity index (χ4v) is 6.25. The van der Waals surface area contributed by atoms with E-state index < -0.39 is 9.84 Å². The van der Waals surface area contributed by atoms with Crippen LogP contribution in [0.25, 0.3) is 0 Å². The molecule has 0 aromatic heterocycles. The minimum absolute atomic E-state index is 0.0570. The molecule has 6 nitrogen and oxygen atoms in total. The Bertz CT molecular complexity index is 978. The molecule has 0 radical (unpaired) electrons. The molecule has 0 unspecified atom stereocenters. The van der Waals surface area contributed by atoms with Crippen LogP contribution in [0.5, 0.6) is 11.5 Å². The average Bonchev–Trinajstić information content (AvgIpc) is 3.10. The monoisotopic (exact) mass is 404 g/mol. The number of nitrogens with zero attached hydrogens (tertiary/aromatic N) is 2. The smallest absolute Gasteiger partial charge is 0.181 e. The Morgan fingerprint density at radius 3 is 2.26 bits per heavy atom. The maximum absolute atomic E-state index is 12.4. The molecule has 0 aliphatic carbocycles. The summed E-state index contributed by atoms with van der Waals surface area (Å²) in [4.78, 5) is 3.85. The third-order valence-corrected chi connectivity index (χ3v) is 7.14. The summed E-state index contributed by atoms with van der Waals surface area (Å²) in [5.41, 5.74) is 1.60. The van der Waals surface area contributed by atoms with Crippen molar-refractivity contribution in [2.45, 2.75) is 12.1 Å². The molecule has 4 rings (SSSR count). The lowest BCUT2D eigenvalue weighted by Crippen LogP contribution is -2.37. The predicted octanol–water partition coefficient (Wildman–Crippen LogP) is 2.48. The summed E-state index contributed by atoms with van der Waals surface area (Å²) in [7, 11) is 0.0148. The van der Waals surface area contributed by atoms with Crippen LogP contribution in [0.2, 0.25) is 0 Å². The minimum Gasteiger partial charge on any atom is -0.497 e.